The van der Waals surface area contributed by atoms with Crippen LogP contribution < -0.4 is 11.1 Å². The second kappa shape index (κ2) is 5.96. The Morgan fingerprint density at radius 1 is 1.23 bits per heavy atom. The fourth-order valence-electron chi connectivity index (χ4n) is 5.07. The molecule has 142 valence electrons. The van der Waals surface area contributed by atoms with Crippen LogP contribution in [0.2, 0.25) is 0 Å². The number of nitrogens with two attached hydrogens (primary N) is 1. The molecule has 0 bridgehead atoms. The van der Waals surface area contributed by atoms with Crippen molar-refractivity contribution in [2.75, 3.05) is 26.2 Å². The zero-order valence-electron chi connectivity index (χ0n) is 14.6. The van der Waals surface area contributed by atoms with Gasteiger partial charge in [0, 0.05) is 32.7 Å². The minimum atomic E-state index is -4.33. The summed E-state index contributed by atoms with van der Waals surface area (Å²) in [6, 6.07) is 8.02. The number of halogens is 3. The van der Waals surface area contributed by atoms with E-state index in [4.69, 9.17) is 5.73 Å². The van der Waals surface area contributed by atoms with Crippen LogP contribution in [0.25, 0.3) is 0 Å². The molecule has 2 heterocycles. The number of alkyl halides is 3. The zero-order chi connectivity index (χ0) is 18.6. The van der Waals surface area contributed by atoms with E-state index in [2.05, 4.69) is 11.4 Å². The summed E-state index contributed by atoms with van der Waals surface area (Å²) in [6.45, 7) is 1.50. The van der Waals surface area contributed by atoms with Crippen molar-refractivity contribution in [2.24, 2.45) is 16.6 Å². The van der Waals surface area contributed by atoms with Gasteiger partial charge in [0.2, 0.25) is 5.91 Å². The van der Waals surface area contributed by atoms with Gasteiger partial charge in [-0.25, -0.2) is 0 Å². The molecule has 2 saturated heterocycles. The molecule has 1 saturated carbocycles. The average molecular weight is 367 g/mol. The standard InChI is InChI=1S/C19H24F3N3O/c20-19(21,22)18-10-17(18,11-24-12-18)16(26)25-7-5-13(6-8-25)15-4-2-1-3-14(15)9-23/h1-4,13,24H,5-12,23H2/t17-,18-/m1/s1. The number of piperidine rings is 2. The first kappa shape index (κ1) is 17.8. The lowest BCUT2D eigenvalue weighted by Crippen LogP contribution is -2.46. The molecule has 0 aromatic heterocycles. The van der Waals surface area contributed by atoms with Gasteiger partial charge >= 0.3 is 6.18 Å². The van der Waals surface area contributed by atoms with Crippen molar-refractivity contribution in [2.45, 2.75) is 37.9 Å². The van der Waals surface area contributed by atoms with Gasteiger partial charge in [-0.05, 0) is 36.3 Å². The molecule has 2 aliphatic heterocycles. The van der Waals surface area contributed by atoms with Gasteiger partial charge in [0.1, 0.15) is 0 Å². The fourth-order valence-corrected chi connectivity index (χ4v) is 5.07. The summed E-state index contributed by atoms with van der Waals surface area (Å²) in [5, 5.41) is 2.80. The van der Waals surface area contributed by atoms with E-state index in [9.17, 15) is 18.0 Å². The summed E-state index contributed by atoms with van der Waals surface area (Å²) in [4.78, 5) is 14.6. The summed E-state index contributed by atoms with van der Waals surface area (Å²) >= 11 is 0. The highest BCUT2D eigenvalue weighted by Crippen LogP contribution is 2.73. The highest BCUT2D eigenvalue weighted by Gasteiger charge is 2.85. The van der Waals surface area contributed by atoms with Crippen molar-refractivity contribution in [3.8, 4) is 0 Å². The number of nitrogens with zero attached hydrogens (tertiary/aromatic N) is 1. The van der Waals surface area contributed by atoms with Crippen molar-refractivity contribution in [3.05, 3.63) is 35.4 Å². The fraction of sp³-hybridized carbons (Fsp3) is 0.632. The van der Waals surface area contributed by atoms with E-state index in [1.54, 1.807) is 4.90 Å². The van der Waals surface area contributed by atoms with Crippen LogP contribution in [0.4, 0.5) is 13.2 Å². The number of hydrogen-bond donors (Lipinski definition) is 2. The summed E-state index contributed by atoms with van der Waals surface area (Å²) in [5.74, 6) is -0.00466. The van der Waals surface area contributed by atoms with Crippen molar-refractivity contribution in [1.82, 2.24) is 10.2 Å². The van der Waals surface area contributed by atoms with Crippen LogP contribution in [-0.4, -0.2) is 43.2 Å². The maximum Gasteiger partial charge on any atom is 0.396 e. The molecular formula is C19H24F3N3O. The second-order valence-electron chi connectivity index (χ2n) is 7.91. The molecule has 7 heteroatoms. The molecule has 1 aromatic carbocycles. The molecule has 26 heavy (non-hydrogen) atoms. The molecule has 1 aromatic rings. The molecule has 0 radical (unpaired) electrons. The molecule has 2 atom stereocenters. The predicted molar refractivity (Wildman–Crippen MR) is 91.3 cm³/mol. The summed E-state index contributed by atoms with van der Waals surface area (Å²) in [6.07, 6.45) is -2.85. The molecule has 0 unspecified atom stereocenters. The largest absolute Gasteiger partial charge is 0.396 e. The third-order valence-electron chi connectivity index (χ3n) is 6.70. The van der Waals surface area contributed by atoms with Gasteiger partial charge in [0.15, 0.2) is 0 Å². The van der Waals surface area contributed by atoms with Gasteiger partial charge in [0.25, 0.3) is 0 Å². The topological polar surface area (TPSA) is 58.4 Å². The number of nitrogens with one attached hydrogen (secondary N) is 1. The van der Waals surface area contributed by atoms with Crippen LogP contribution >= 0.6 is 0 Å². The molecule has 0 spiro atoms. The van der Waals surface area contributed by atoms with Gasteiger partial charge < -0.3 is 16.0 Å². The van der Waals surface area contributed by atoms with Crippen LogP contribution in [0, 0.1) is 10.8 Å². The Balaban J connectivity index is 1.45. The van der Waals surface area contributed by atoms with Gasteiger partial charge in [0.05, 0.1) is 10.8 Å². The van der Waals surface area contributed by atoms with E-state index in [0.29, 0.717) is 25.6 Å². The highest BCUT2D eigenvalue weighted by atomic mass is 19.4. The molecule has 4 rings (SSSR count). The van der Waals surface area contributed by atoms with Crippen LogP contribution in [0.1, 0.15) is 36.3 Å². The Bertz CT molecular complexity index is 714. The Morgan fingerprint density at radius 3 is 2.54 bits per heavy atom. The van der Waals surface area contributed by atoms with Gasteiger partial charge in [-0.2, -0.15) is 13.2 Å². The number of carbonyl (C=O) groups is 1. The summed E-state index contributed by atoms with van der Waals surface area (Å²) in [7, 11) is 0. The van der Waals surface area contributed by atoms with Crippen molar-refractivity contribution in [1.29, 1.82) is 0 Å². The summed E-state index contributed by atoms with van der Waals surface area (Å²) in [5.41, 5.74) is 5.01. The van der Waals surface area contributed by atoms with E-state index in [-0.39, 0.29) is 25.4 Å². The van der Waals surface area contributed by atoms with E-state index in [1.165, 1.54) is 5.56 Å². The molecule has 4 nitrogen and oxygen atoms in total. The van der Waals surface area contributed by atoms with Crippen LogP contribution in [0.3, 0.4) is 0 Å². The van der Waals surface area contributed by atoms with Gasteiger partial charge in [-0.15, -0.1) is 0 Å². The first-order valence-electron chi connectivity index (χ1n) is 9.19. The van der Waals surface area contributed by atoms with Crippen LogP contribution in [0.5, 0.6) is 0 Å². The maximum absolute atomic E-state index is 13.5. The summed E-state index contributed by atoms with van der Waals surface area (Å²) < 4.78 is 40.5. The zero-order valence-corrected chi connectivity index (χ0v) is 14.6. The van der Waals surface area contributed by atoms with E-state index < -0.39 is 17.0 Å². The monoisotopic (exact) mass is 367 g/mol. The first-order chi connectivity index (χ1) is 12.3. The van der Waals surface area contributed by atoms with Crippen LogP contribution in [-0.2, 0) is 11.3 Å². The second-order valence-corrected chi connectivity index (χ2v) is 7.91. The van der Waals surface area contributed by atoms with Crippen molar-refractivity contribution in [3.63, 3.8) is 0 Å². The number of amides is 1. The highest BCUT2D eigenvalue weighted by molar-refractivity contribution is 5.88. The van der Waals surface area contributed by atoms with Crippen molar-refractivity contribution >= 4 is 5.91 Å². The lowest BCUT2D eigenvalue weighted by Gasteiger charge is -2.35. The van der Waals surface area contributed by atoms with Gasteiger partial charge in [-0.1, -0.05) is 24.3 Å². The quantitative estimate of drug-likeness (QED) is 0.863. The molecule has 3 fully saturated rings. The number of benzene rings is 1. The minimum absolute atomic E-state index is 0.0642. The smallest absolute Gasteiger partial charge is 0.342 e. The SMILES string of the molecule is NCc1ccccc1C1CCN(C(=O)[C@@]23CNC[C@]2(C(F)(F)F)C3)CC1. The Hall–Kier alpha value is -1.60. The Morgan fingerprint density at radius 2 is 1.92 bits per heavy atom. The molecule has 1 aliphatic carbocycles. The normalized spacial score (nSPS) is 31.8. The molecular weight excluding hydrogens is 343 g/mol. The lowest BCUT2D eigenvalue weighted by molar-refractivity contribution is -0.193. The molecule has 1 amide bonds. The Kier molecular flexibility index (Phi) is 4.08. The van der Waals surface area contributed by atoms with E-state index in [0.717, 1.165) is 18.4 Å². The van der Waals surface area contributed by atoms with E-state index in [1.807, 2.05) is 18.2 Å². The van der Waals surface area contributed by atoms with Crippen LogP contribution in [0.15, 0.2) is 24.3 Å². The Labute approximate surface area is 150 Å². The number of carbonyl (C=O) groups excluding carboxylic acids is 1. The molecule has 3 N–H and O–H groups in total. The minimum Gasteiger partial charge on any atom is -0.342 e. The molecule has 3 aliphatic rings. The van der Waals surface area contributed by atoms with Gasteiger partial charge in [-0.3, -0.25) is 4.79 Å². The number of fused-ring (bicyclic) bond motifs is 1. The maximum atomic E-state index is 13.5. The third-order valence-corrected chi connectivity index (χ3v) is 6.70. The third kappa shape index (κ3) is 2.40. The number of rotatable bonds is 3. The first-order valence-corrected chi connectivity index (χ1v) is 9.19. The number of hydrogen-bond acceptors (Lipinski definition) is 3. The van der Waals surface area contributed by atoms with E-state index >= 15 is 0 Å². The predicted octanol–water partition coefficient (Wildman–Crippen LogP) is 2.39. The lowest BCUT2D eigenvalue weighted by atomic mass is 9.85. The number of likely N-dealkylation sites (tertiary alicyclic amines) is 1. The average Bonchev–Trinajstić information content (AvgIpc) is 3.18. The van der Waals surface area contributed by atoms with Crippen molar-refractivity contribution < 1.29 is 18.0 Å².